The molecule has 1 fully saturated rings. The molecule has 0 bridgehead atoms. The number of halogens is 3. The fourth-order valence-electron chi connectivity index (χ4n) is 1.26. The highest BCUT2D eigenvalue weighted by atomic mass is 32.1. The van der Waals surface area contributed by atoms with Crippen LogP contribution in [0.2, 0.25) is 0 Å². The van der Waals surface area contributed by atoms with Crippen LogP contribution >= 0.6 is 12.2 Å². The van der Waals surface area contributed by atoms with E-state index in [4.69, 9.17) is 12.2 Å². The summed E-state index contributed by atoms with van der Waals surface area (Å²) in [4.78, 5) is 24.1. The van der Waals surface area contributed by atoms with Gasteiger partial charge < -0.3 is 0 Å². The van der Waals surface area contributed by atoms with Crippen LogP contribution in [0.5, 0.6) is 0 Å². The van der Waals surface area contributed by atoms with Crippen molar-refractivity contribution in [1.82, 2.24) is 10.2 Å². The van der Waals surface area contributed by atoms with Crippen molar-refractivity contribution >= 4 is 29.1 Å². The number of nitrogens with zero attached hydrogens (tertiary/aromatic N) is 1. The minimum Gasteiger partial charge on any atom is -0.298 e. The predicted molar refractivity (Wildman–Crippen MR) is 61.4 cm³/mol. The van der Waals surface area contributed by atoms with Crippen LogP contribution in [-0.4, -0.2) is 34.5 Å². The second-order valence-electron chi connectivity index (χ2n) is 3.40. The Morgan fingerprint density at radius 3 is 2.50 bits per heavy atom. The smallest absolute Gasteiger partial charge is 0.298 e. The van der Waals surface area contributed by atoms with Gasteiger partial charge in [0.2, 0.25) is 0 Å². The highest BCUT2D eigenvalue weighted by Gasteiger charge is 2.34. The number of carbonyl (C=O) groups excluding carboxylic acids is 2. The topological polar surface area (TPSA) is 49.4 Å². The average Bonchev–Trinajstić information content (AvgIpc) is 2.22. The number of allylic oxidation sites excluding steroid dienone is 1. The third-order valence-electron chi connectivity index (χ3n) is 2.04. The van der Waals surface area contributed by atoms with Gasteiger partial charge in [-0.05, 0) is 12.2 Å². The third kappa shape index (κ3) is 3.39. The van der Waals surface area contributed by atoms with E-state index >= 15 is 0 Å². The van der Waals surface area contributed by atoms with Crippen molar-refractivity contribution in [2.45, 2.75) is 12.6 Å². The van der Waals surface area contributed by atoms with Gasteiger partial charge in [-0.1, -0.05) is 12.2 Å². The Morgan fingerprint density at radius 1 is 1.39 bits per heavy atom. The second kappa shape index (κ2) is 5.30. The van der Waals surface area contributed by atoms with E-state index in [9.17, 15) is 22.8 Å². The fraction of sp³-hybridized carbons (Fsp3) is 0.300. The molecule has 1 rings (SSSR count). The maximum absolute atomic E-state index is 12.0. The Kier molecular flexibility index (Phi) is 4.23. The number of nitrogens with one attached hydrogen (secondary N) is 1. The van der Waals surface area contributed by atoms with Crippen LogP contribution in [-0.2, 0) is 9.59 Å². The second-order valence-corrected chi connectivity index (χ2v) is 3.79. The van der Waals surface area contributed by atoms with Gasteiger partial charge in [0.25, 0.3) is 11.8 Å². The van der Waals surface area contributed by atoms with Gasteiger partial charge in [0.1, 0.15) is 5.57 Å². The molecule has 0 radical (unpaired) electrons. The molecule has 1 aliphatic heterocycles. The van der Waals surface area contributed by atoms with Crippen molar-refractivity contribution in [3.8, 4) is 0 Å². The van der Waals surface area contributed by atoms with Gasteiger partial charge in [-0.25, -0.2) is 0 Å². The maximum atomic E-state index is 12.0. The molecule has 1 saturated heterocycles. The molecule has 1 N–H and O–H groups in total. The van der Waals surface area contributed by atoms with Crippen molar-refractivity contribution < 1.29 is 22.8 Å². The molecule has 98 valence electrons. The highest BCUT2D eigenvalue weighted by molar-refractivity contribution is 7.80. The minimum atomic E-state index is -4.48. The van der Waals surface area contributed by atoms with Crippen molar-refractivity contribution in [2.75, 3.05) is 6.54 Å². The molecule has 1 aliphatic rings. The summed E-state index contributed by atoms with van der Waals surface area (Å²) in [6.45, 7) is 3.40. The Morgan fingerprint density at radius 2 is 2.00 bits per heavy atom. The number of alkyl halides is 3. The standard InChI is InChI=1S/C10H9F3N2O2S/c1-2-5-15-8(17)6(3-4-10(11,12)13)7(16)14-9(15)18/h2-3H,1,4-5H2,(H,14,16,18)/b6-3-. The largest absolute Gasteiger partial charge is 0.392 e. The normalized spacial score (nSPS) is 19.2. The fourth-order valence-corrected chi connectivity index (χ4v) is 1.51. The summed E-state index contributed by atoms with van der Waals surface area (Å²) in [5, 5.41) is 2.00. The molecule has 8 heteroatoms. The Labute approximate surface area is 106 Å². The Bertz CT molecular complexity index is 443. The minimum absolute atomic E-state index is 0.0152. The number of amides is 2. The summed E-state index contributed by atoms with van der Waals surface area (Å²) >= 11 is 4.73. The lowest BCUT2D eigenvalue weighted by Crippen LogP contribution is -2.54. The molecule has 18 heavy (non-hydrogen) atoms. The van der Waals surface area contributed by atoms with Crippen LogP contribution in [0.1, 0.15) is 6.42 Å². The Hall–Kier alpha value is -1.70. The van der Waals surface area contributed by atoms with Gasteiger partial charge in [-0.2, -0.15) is 13.2 Å². The lowest BCUT2D eigenvalue weighted by Gasteiger charge is -2.27. The van der Waals surface area contributed by atoms with Crippen LogP contribution < -0.4 is 5.32 Å². The molecule has 0 aromatic carbocycles. The first-order valence-electron chi connectivity index (χ1n) is 4.81. The van der Waals surface area contributed by atoms with Crippen molar-refractivity contribution in [2.24, 2.45) is 0 Å². The summed E-state index contributed by atoms with van der Waals surface area (Å²) in [5.74, 6) is -1.78. The van der Waals surface area contributed by atoms with Gasteiger partial charge in [0.15, 0.2) is 5.11 Å². The van der Waals surface area contributed by atoms with E-state index in [0.717, 1.165) is 4.90 Å². The summed E-state index contributed by atoms with van der Waals surface area (Å²) in [6.07, 6.45) is -3.93. The number of hydrogen-bond acceptors (Lipinski definition) is 3. The molecule has 0 saturated carbocycles. The molecule has 0 unspecified atom stereocenters. The molecule has 0 aromatic heterocycles. The SMILES string of the molecule is C=CCN1C(=O)/C(=C\CC(F)(F)F)C(=O)NC1=S. The summed E-state index contributed by atoms with van der Waals surface area (Å²) in [7, 11) is 0. The molecule has 4 nitrogen and oxygen atoms in total. The molecular weight excluding hydrogens is 269 g/mol. The van der Waals surface area contributed by atoms with Crippen molar-refractivity contribution in [3.05, 3.63) is 24.3 Å². The zero-order valence-corrected chi connectivity index (χ0v) is 9.90. The van der Waals surface area contributed by atoms with E-state index < -0.39 is 30.0 Å². The lowest BCUT2D eigenvalue weighted by atomic mass is 10.1. The van der Waals surface area contributed by atoms with E-state index in [1.165, 1.54) is 6.08 Å². The highest BCUT2D eigenvalue weighted by Crippen LogP contribution is 2.22. The molecule has 0 atom stereocenters. The first kappa shape index (κ1) is 14.4. The third-order valence-corrected chi connectivity index (χ3v) is 2.36. The van der Waals surface area contributed by atoms with Crippen LogP contribution in [0, 0.1) is 0 Å². The molecule has 1 heterocycles. The molecular formula is C10H9F3N2O2S. The number of thiocarbonyl (C=S) groups is 1. The van der Waals surface area contributed by atoms with E-state index in [0.29, 0.717) is 6.08 Å². The summed E-state index contributed by atoms with van der Waals surface area (Å²) in [6, 6.07) is 0. The number of hydrogen-bond donors (Lipinski definition) is 1. The zero-order chi connectivity index (χ0) is 13.9. The summed E-state index contributed by atoms with van der Waals surface area (Å²) < 4.78 is 36.1. The molecule has 0 aliphatic carbocycles. The van der Waals surface area contributed by atoms with Gasteiger partial charge in [0, 0.05) is 6.54 Å². The van der Waals surface area contributed by atoms with Crippen LogP contribution in [0.3, 0.4) is 0 Å². The molecule has 2 amide bonds. The maximum Gasteiger partial charge on any atom is 0.392 e. The summed E-state index contributed by atoms with van der Waals surface area (Å²) in [5.41, 5.74) is -0.567. The van der Waals surface area contributed by atoms with E-state index in [1.54, 1.807) is 0 Å². The first-order chi connectivity index (χ1) is 8.26. The van der Waals surface area contributed by atoms with Crippen molar-refractivity contribution in [3.63, 3.8) is 0 Å². The van der Waals surface area contributed by atoms with Gasteiger partial charge in [0.05, 0.1) is 6.42 Å². The quantitative estimate of drug-likeness (QED) is 0.366. The van der Waals surface area contributed by atoms with E-state index in [1.807, 2.05) is 0 Å². The monoisotopic (exact) mass is 278 g/mol. The lowest BCUT2D eigenvalue weighted by molar-refractivity contribution is -0.129. The molecule has 0 aromatic rings. The predicted octanol–water partition coefficient (Wildman–Crippen LogP) is 1.29. The van der Waals surface area contributed by atoms with E-state index in [-0.39, 0.29) is 11.7 Å². The van der Waals surface area contributed by atoms with Crippen LogP contribution in [0.15, 0.2) is 24.3 Å². The Balaban J connectivity index is 2.97. The van der Waals surface area contributed by atoms with Crippen LogP contribution in [0.25, 0.3) is 0 Å². The van der Waals surface area contributed by atoms with E-state index in [2.05, 4.69) is 11.9 Å². The number of rotatable bonds is 3. The average molecular weight is 278 g/mol. The zero-order valence-electron chi connectivity index (χ0n) is 9.08. The number of carbonyl (C=O) groups is 2. The van der Waals surface area contributed by atoms with Crippen molar-refractivity contribution in [1.29, 1.82) is 0 Å². The molecule has 0 spiro atoms. The van der Waals surface area contributed by atoms with Gasteiger partial charge in [-0.3, -0.25) is 19.8 Å². The van der Waals surface area contributed by atoms with Gasteiger partial charge >= 0.3 is 6.18 Å². The van der Waals surface area contributed by atoms with Crippen LogP contribution in [0.4, 0.5) is 13.2 Å². The first-order valence-corrected chi connectivity index (χ1v) is 5.22. The van der Waals surface area contributed by atoms with Gasteiger partial charge in [-0.15, -0.1) is 6.58 Å².